The first kappa shape index (κ1) is 13.3. The van der Waals surface area contributed by atoms with Crippen LogP contribution in [-0.2, 0) is 4.79 Å². The summed E-state index contributed by atoms with van der Waals surface area (Å²) in [5.74, 6) is 0.491. The number of likely N-dealkylation sites (N-methyl/N-ethyl adjacent to an activating group) is 1. The van der Waals surface area contributed by atoms with Crippen LogP contribution in [0.3, 0.4) is 0 Å². The second-order valence-electron chi connectivity index (χ2n) is 4.36. The lowest BCUT2D eigenvalue weighted by Gasteiger charge is -2.32. The minimum absolute atomic E-state index is 0.109. The van der Waals surface area contributed by atoms with Crippen molar-refractivity contribution in [1.29, 1.82) is 0 Å². The third kappa shape index (κ3) is 2.66. The van der Waals surface area contributed by atoms with E-state index in [9.17, 15) is 4.79 Å². The van der Waals surface area contributed by atoms with Crippen molar-refractivity contribution in [2.45, 2.75) is 19.4 Å². The molecule has 0 bridgehead atoms. The summed E-state index contributed by atoms with van der Waals surface area (Å²) in [6.07, 6.45) is 1.91. The Hall–Kier alpha value is -2.14. The van der Waals surface area contributed by atoms with Gasteiger partial charge in [0.25, 0.3) is 0 Å². The molecule has 1 fully saturated rings. The maximum absolute atomic E-state index is 12.1. The first-order valence-electron chi connectivity index (χ1n) is 6.29. The Balaban J connectivity index is 2.44. The van der Waals surface area contributed by atoms with Gasteiger partial charge in [0.1, 0.15) is 5.84 Å². The number of carbonyl (C=O) groups excluding carboxylic acids is 1. The minimum atomic E-state index is -0.538. The van der Waals surface area contributed by atoms with Crippen LogP contribution in [0.4, 0.5) is 5.69 Å². The molecule has 0 spiro atoms. The van der Waals surface area contributed by atoms with E-state index in [1.807, 2.05) is 37.3 Å². The summed E-state index contributed by atoms with van der Waals surface area (Å²) in [6.45, 7) is 2.42. The van der Waals surface area contributed by atoms with Gasteiger partial charge in [-0.05, 0) is 19.1 Å². The Morgan fingerprint density at radius 1 is 1.42 bits per heavy atom. The van der Waals surface area contributed by atoms with E-state index in [0.717, 1.165) is 11.3 Å². The van der Waals surface area contributed by atoms with E-state index in [2.05, 4.69) is 4.99 Å². The predicted octanol–water partition coefficient (Wildman–Crippen LogP) is 1.14. The average Bonchev–Trinajstić information content (AvgIpc) is 2.44. The van der Waals surface area contributed by atoms with Gasteiger partial charge in [-0.15, -0.1) is 0 Å². The average molecular weight is 258 g/mol. The molecule has 100 valence electrons. The van der Waals surface area contributed by atoms with E-state index < -0.39 is 6.04 Å². The van der Waals surface area contributed by atoms with Crippen molar-refractivity contribution in [3.8, 4) is 0 Å². The molecule has 4 N–H and O–H groups in total. The molecule has 19 heavy (non-hydrogen) atoms. The number of benzene rings is 1. The maximum atomic E-state index is 12.1. The molecule has 1 aliphatic heterocycles. The molecule has 1 heterocycles. The number of carbonyl (C=O) groups is 1. The zero-order valence-corrected chi connectivity index (χ0v) is 10.9. The van der Waals surface area contributed by atoms with Gasteiger partial charge in [-0.2, -0.15) is 0 Å². The highest BCUT2D eigenvalue weighted by Gasteiger charge is 2.32. The summed E-state index contributed by atoms with van der Waals surface area (Å²) in [7, 11) is 0. The number of likely N-dealkylation sites (tertiary alicyclic amines) is 1. The minimum Gasteiger partial charge on any atom is -0.404 e. The highest BCUT2D eigenvalue weighted by molar-refractivity contribution is 6.12. The van der Waals surface area contributed by atoms with Crippen molar-refractivity contribution >= 4 is 17.4 Å². The lowest BCUT2D eigenvalue weighted by Crippen LogP contribution is -2.52. The Kier molecular flexibility index (Phi) is 3.97. The van der Waals surface area contributed by atoms with Crippen molar-refractivity contribution < 1.29 is 4.79 Å². The first-order chi connectivity index (χ1) is 9.17. The third-order valence-corrected chi connectivity index (χ3v) is 3.07. The fourth-order valence-corrected chi connectivity index (χ4v) is 2.10. The molecule has 1 aromatic carbocycles. The summed E-state index contributed by atoms with van der Waals surface area (Å²) in [6, 6.07) is 8.95. The lowest BCUT2D eigenvalue weighted by molar-refractivity contribution is -0.129. The molecule has 0 aliphatic carbocycles. The second-order valence-corrected chi connectivity index (χ2v) is 4.36. The smallest absolute Gasteiger partial charge is 0.245 e. The van der Waals surface area contributed by atoms with Crippen molar-refractivity contribution in [3.63, 3.8) is 0 Å². The van der Waals surface area contributed by atoms with Crippen LogP contribution in [-0.4, -0.2) is 29.2 Å². The third-order valence-electron chi connectivity index (χ3n) is 3.07. The molecule has 5 heteroatoms. The number of hydrogen-bond acceptors (Lipinski definition) is 4. The normalized spacial score (nSPS) is 24.2. The van der Waals surface area contributed by atoms with E-state index in [4.69, 9.17) is 11.5 Å². The molecule has 1 atom stereocenters. The van der Waals surface area contributed by atoms with E-state index in [-0.39, 0.29) is 5.91 Å². The van der Waals surface area contributed by atoms with Crippen molar-refractivity contribution in [2.24, 2.45) is 16.5 Å². The zero-order valence-electron chi connectivity index (χ0n) is 10.9. The number of piperidine rings is 1. The predicted molar refractivity (Wildman–Crippen MR) is 75.8 cm³/mol. The number of rotatable bonds is 2. The van der Waals surface area contributed by atoms with Gasteiger partial charge in [0.15, 0.2) is 0 Å². The quantitative estimate of drug-likeness (QED) is 0.834. The largest absolute Gasteiger partial charge is 0.404 e. The Morgan fingerprint density at radius 3 is 2.68 bits per heavy atom. The topological polar surface area (TPSA) is 84.7 Å². The molecule has 1 aliphatic rings. The fourth-order valence-electron chi connectivity index (χ4n) is 2.10. The molecule has 2 rings (SSSR count). The number of para-hydroxylation sites is 1. The van der Waals surface area contributed by atoms with Gasteiger partial charge in [0, 0.05) is 24.7 Å². The summed E-state index contributed by atoms with van der Waals surface area (Å²) in [5, 5.41) is 0. The highest BCUT2D eigenvalue weighted by atomic mass is 16.2. The molecule has 1 unspecified atom stereocenters. The molecule has 0 saturated carbocycles. The van der Waals surface area contributed by atoms with Crippen molar-refractivity contribution in [3.05, 3.63) is 42.1 Å². The van der Waals surface area contributed by atoms with Crippen LogP contribution in [0.25, 0.3) is 0 Å². The molecule has 0 radical (unpaired) electrons. The molecule has 0 aromatic heterocycles. The van der Waals surface area contributed by atoms with Gasteiger partial charge in [0.05, 0.1) is 11.7 Å². The van der Waals surface area contributed by atoms with Gasteiger partial charge >= 0.3 is 0 Å². The van der Waals surface area contributed by atoms with Crippen LogP contribution in [0.2, 0.25) is 0 Å². The van der Waals surface area contributed by atoms with E-state index in [1.165, 1.54) is 6.20 Å². The van der Waals surface area contributed by atoms with Gasteiger partial charge < -0.3 is 11.5 Å². The number of nitrogens with zero attached hydrogens (tertiary/aromatic N) is 2. The molecule has 1 aromatic rings. The zero-order chi connectivity index (χ0) is 13.8. The van der Waals surface area contributed by atoms with Crippen molar-refractivity contribution in [1.82, 2.24) is 4.90 Å². The Morgan fingerprint density at radius 2 is 2.11 bits per heavy atom. The van der Waals surface area contributed by atoms with Gasteiger partial charge in [0.2, 0.25) is 5.91 Å². The fraction of sp³-hybridized carbons (Fsp3) is 0.286. The Labute approximate surface area is 112 Å². The maximum Gasteiger partial charge on any atom is 0.245 e. The monoisotopic (exact) mass is 258 g/mol. The number of aliphatic imine (C=N–C) groups is 1. The van der Waals surface area contributed by atoms with E-state index in [0.29, 0.717) is 18.8 Å². The van der Waals surface area contributed by atoms with Crippen LogP contribution >= 0.6 is 0 Å². The van der Waals surface area contributed by atoms with Crippen LogP contribution in [0, 0.1) is 0 Å². The summed E-state index contributed by atoms with van der Waals surface area (Å²) < 4.78 is 0. The number of hydrogen-bond donors (Lipinski definition) is 2. The molecule has 1 saturated heterocycles. The first-order valence-corrected chi connectivity index (χ1v) is 6.29. The highest BCUT2D eigenvalue weighted by Crippen LogP contribution is 2.22. The van der Waals surface area contributed by atoms with Crippen LogP contribution in [0.15, 0.2) is 47.1 Å². The Bertz CT molecular complexity index is 522. The SMILES string of the molecule is CCN1C(=O)C(N)C/C(=C/N)C1=Nc1ccccc1. The van der Waals surface area contributed by atoms with E-state index >= 15 is 0 Å². The number of amidine groups is 1. The van der Waals surface area contributed by atoms with Crippen LogP contribution < -0.4 is 11.5 Å². The molecule has 5 nitrogen and oxygen atoms in total. The molecular weight excluding hydrogens is 240 g/mol. The summed E-state index contributed by atoms with van der Waals surface area (Å²) in [4.78, 5) is 18.2. The summed E-state index contributed by atoms with van der Waals surface area (Å²) >= 11 is 0. The van der Waals surface area contributed by atoms with Crippen LogP contribution in [0.1, 0.15) is 13.3 Å². The second kappa shape index (κ2) is 5.67. The van der Waals surface area contributed by atoms with Crippen LogP contribution in [0.5, 0.6) is 0 Å². The molecule has 1 amide bonds. The van der Waals surface area contributed by atoms with E-state index in [1.54, 1.807) is 4.90 Å². The summed E-state index contributed by atoms with van der Waals surface area (Å²) in [5.41, 5.74) is 13.1. The number of amides is 1. The molecular formula is C14H18N4O. The van der Waals surface area contributed by atoms with Gasteiger partial charge in [-0.1, -0.05) is 18.2 Å². The number of nitrogens with two attached hydrogens (primary N) is 2. The lowest BCUT2D eigenvalue weighted by atomic mass is 9.99. The van der Waals surface area contributed by atoms with Gasteiger partial charge in [-0.3, -0.25) is 9.69 Å². The van der Waals surface area contributed by atoms with Crippen molar-refractivity contribution in [2.75, 3.05) is 6.54 Å². The standard InChI is InChI=1S/C14H18N4O/c1-2-18-13(17-11-6-4-3-5-7-11)10(9-15)8-12(16)14(18)19/h3-7,9,12H,2,8,15-16H2,1H3/b10-9-,17-13?. The van der Waals surface area contributed by atoms with Gasteiger partial charge in [-0.25, -0.2) is 4.99 Å².